The zero-order valence-corrected chi connectivity index (χ0v) is 22.4. The fourth-order valence-electron chi connectivity index (χ4n) is 4.86. The number of aromatic nitrogens is 2. The lowest BCUT2D eigenvalue weighted by atomic mass is 9.77. The zero-order chi connectivity index (χ0) is 27.1. The molecule has 2 aromatic carbocycles. The minimum Gasteiger partial charge on any atom is -0.449 e. The molecule has 1 aliphatic heterocycles. The van der Waals surface area contributed by atoms with Crippen LogP contribution in [-0.2, 0) is 14.0 Å². The van der Waals surface area contributed by atoms with Crippen molar-refractivity contribution in [3.05, 3.63) is 82.6 Å². The maximum absolute atomic E-state index is 12.9. The Kier molecular flexibility index (Phi) is 6.75. The van der Waals surface area contributed by atoms with Crippen LogP contribution in [0.3, 0.4) is 0 Å². The predicted octanol–water partition coefficient (Wildman–Crippen LogP) is 4.92. The van der Waals surface area contributed by atoms with Gasteiger partial charge >= 0.3 is 13.2 Å². The molecular weight excluding hydrogens is 479 g/mol. The van der Waals surface area contributed by atoms with Crippen LogP contribution in [0, 0.1) is 6.92 Å². The molecule has 8 nitrogen and oxygen atoms in total. The number of nitrogen functional groups attached to an aromatic ring is 1. The first kappa shape index (κ1) is 25.9. The van der Waals surface area contributed by atoms with Gasteiger partial charge < -0.3 is 25.1 Å². The van der Waals surface area contributed by atoms with E-state index in [9.17, 15) is 4.79 Å². The fraction of sp³-hybridized carbons (Fsp3) is 0.345. The molecule has 0 saturated carbocycles. The maximum Gasteiger partial charge on any atom is 0.492 e. The highest BCUT2D eigenvalue weighted by Gasteiger charge is 2.52. The van der Waals surface area contributed by atoms with Crippen molar-refractivity contribution in [3.63, 3.8) is 0 Å². The average molecular weight is 512 g/mol. The summed E-state index contributed by atoms with van der Waals surface area (Å²) in [6.45, 7) is 10.2. The summed E-state index contributed by atoms with van der Waals surface area (Å²) >= 11 is 0. The average Bonchev–Trinajstić information content (AvgIpc) is 3.30. The summed E-state index contributed by atoms with van der Waals surface area (Å²) in [5.41, 5.74) is 11.6. The van der Waals surface area contributed by atoms with Crippen molar-refractivity contribution in [3.8, 4) is 11.1 Å². The summed E-state index contributed by atoms with van der Waals surface area (Å²) in [4.78, 5) is 21.2. The SMILES string of the molecule is Cc1nc(N)ncc1C=C(CNC(=O)OCC1c2ccccc2-c2ccccc21)B1OC(C)(C)C(C)(C)O1. The highest BCUT2D eigenvalue weighted by molar-refractivity contribution is 6.56. The van der Waals surface area contributed by atoms with Crippen LogP contribution in [0.2, 0.25) is 0 Å². The third kappa shape index (κ3) is 4.91. The van der Waals surface area contributed by atoms with Crippen LogP contribution < -0.4 is 11.1 Å². The molecule has 0 bridgehead atoms. The van der Waals surface area contributed by atoms with Gasteiger partial charge in [0.2, 0.25) is 5.95 Å². The van der Waals surface area contributed by atoms with Gasteiger partial charge in [-0.3, -0.25) is 0 Å². The number of ether oxygens (including phenoxy) is 1. The summed E-state index contributed by atoms with van der Waals surface area (Å²) in [6, 6.07) is 16.5. The van der Waals surface area contributed by atoms with E-state index < -0.39 is 24.4 Å². The van der Waals surface area contributed by atoms with E-state index in [0.29, 0.717) is 11.2 Å². The molecule has 0 radical (unpaired) electrons. The van der Waals surface area contributed by atoms with Crippen molar-refractivity contribution in [1.82, 2.24) is 15.3 Å². The van der Waals surface area contributed by atoms with Crippen LogP contribution in [0.25, 0.3) is 17.2 Å². The Morgan fingerprint density at radius 1 is 1.05 bits per heavy atom. The zero-order valence-electron chi connectivity index (χ0n) is 22.4. The van der Waals surface area contributed by atoms with Gasteiger partial charge in [0.15, 0.2) is 0 Å². The molecule has 5 rings (SSSR count). The molecule has 1 fully saturated rings. The second-order valence-corrected chi connectivity index (χ2v) is 10.8. The topological polar surface area (TPSA) is 109 Å². The van der Waals surface area contributed by atoms with Gasteiger partial charge in [0.1, 0.15) is 6.61 Å². The van der Waals surface area contributed by atoms with Gasteiger partial charge in [-0.2, -0.15) is 0 Å². The number of carbonyl (C=O) groups is 1. The molecule has 1 amide bonds. The first-order valence-corrected chi connectivity index (χ1v) is 12.8. The molecule has 38 heavy (non-hydrogen) atoms. The normalized spacial score (nSPS) is 17.7. The van der Waals surface area contributed by atoms with Gasteiger partial charge in [0, 0.05) is 24.2 Å². The Hall–Kier alpha value is -3.69. The van der Waals surface area contributed by atoms with Crippen molar-refractivity contribution in [2.45, 2.75) is 51.7 Å². The lowest BCUT2D eigenvalue weighted by Gasteiger charge is -2.32. The van der Waals surface area contributed by atoms with Gasteiger partial charge in [0.05, 0.1) is 16.9 Å². The lowest BCUT2D eigenvalue weighted by Crippen LogP contribution is -2.41. The molecule has 3 aromatic rings. The number of anilines is 1. The summed E-state index contributed by atoms with van der Waals surface area (Å²) in [6.07, 6.45) is 3.01. The number of nitrogens with two attached hydrogens (primary N) is 1. The fourth-order valence-corrected chi connectivity index (χ4v) is 4.86. The van der Waals surface area contributed by atoms with E-state index in [1.807, 2.05) is 65.0 Å². The van der Waals surface area contributed by atoms with Crippen molar-refractivity contribution >= 4 is 25.2 Å². The highest BCUT2D eigenvalue weighted by Crippen LogP contribution is 2.44. The number of amides is 1. The monoisotopic (exact) mass is 512 g/mol. The molecule has 1 saturated heterocycles. The molecule has 0 atom stereocenters. The Morgan fingerprint density at radius 3 is 2.21 bits per heavy atom. The first-order valence-electron chi connectivity index (χ1n) is 12.8. The van der Waals surface area contributed by atoms with Gasteiger partial charge in [0.25, 0.3) is 0 Å². The molecular formula is C29H33BN4O4. The van der Waals surface area contributed by atoms with E-state index in [0.717, 1.165) is 16.7 Å². The van der Waals surface area contributed by atoms with Crippen LogP contribution in [-0.4, -0.2) is 47.5 Å². The number of benzene rings is 2. The number of fused-ring (bicyclic) bond motifs is 3. The van der Waals surface area contributed by atoms with Crippen LogP contribution in [0.4, 0.5) is 10.7 Å². The van der Waals surface area contributed by atoms with Crippen molar-refractivity contribution in [2.75, 3.05) is 18.9 Å². The van der Waals surface area contributed by atoms with E-state index in [1.54, 1.807) is 6.20 Å². The number of alkyl carbamates (subject to hydrolysis) is 1. The molecule has 1 aromatic heterocycles. The minimum atomic E-state index is -0.661. The van der Waals surface area contributed by atoms with E-state index >= 15 is 0 Å². The standard InChI is InChI=1S/C29H33BN4O4/c1-18-19(15-32-26(31)34-18)14-20(30-37-28(2,3)29(4,5)38-30)16-33-27(35)36-17-25-23-12-8-6-10-21(23)22-11-7-9-13-24(22)25/h6-15,25H,16-17H2,1-5H3,(H,33,35)(H2,31,32,34). The van der Waals surface area contributed by atoms with Crippen LogP contribution >= 0.6 is 0 Å². The quantitative estimate of drug-likeness (QED) is 0.452. The first-order chi connectivity index (χ1) is 18.1. The molecule has 3 N–H and O–H groups in total. The number of rotatable bonds is 6. The molecule has 0 unspecified atom stereocenters. The van der Waals surface area contributed by atoms with Crippen LogP contribution in [0.15, 0.2) is 60.2 Å². The number of hydrogen-bond acceptors (Lipinski definition) is 7. The third-order valence-corrected chi connectivity index (χ3v) is 7.71. The second-order valence-electron chi connectivity index (χ2n) is 10.8. The number of aryl methyl sites for hydroxylation is 1. The summed E-state index contributed by atoms with van der Waals surface area (Å²) in [5, 5.41) is 2.88. The summed E-state index contributed by atoms with van der Waals surface area (Å²) < 4.78 is 18.3. The molecule has 0 spiro atoms. The predicted molar refractivity (Wildman–Crippen MR) is 148 cm³/mol. The van der Waals surface area contributed by atoms with E-state index in [4.69, 9.17) is 19.8 Å². The Labute approximate surface area is 223 Å². The van der Waals surface area contributed by atoms with Gasteiger partial charge in [-0.25, -0.2) is 14.8 Å². The third-order valence-electron chi connectivity index (χ3n) is 7.71. The maximum atomic E-state index is 12.9. The number of carbonyl (C=O) groups excluding carboxylic acids is 1. The Balaban J connectivity index is 1.31. The number of nitrogens with one attached hydrogen (secondary N) is 1. The smallest absolute Gasteiger partial charge is 0.449 e. The summed E-state index contributed by atoms with van der Waals surface area (Å²) in [5.74, 6) is 0.189. The Bertz CT molecular complexity index is 1340. The number of nitrogens with zero attached hydrogens (tertiary/aromatic N) is 2. The van der Waals surface area contributed by atoms with Crippen molar-refractivity contribution in [1.29, 1.82) is 0 Å². The minimum absolute atomic E-state index is 0.0131. The van der Waals surface area contributed by atoms with Gasteiger partial charge in [-0.15, -0.1) is 0 Å². The van der Waals surface area contributed by atoms with Crippen LogP contribution in [0.1, 0.15) is 56.0 Å². The lowest BCUT2D eigenvalue weighted by molar-refractivity contribution is 0.00578. The highest BCUT2D eigenvalue weighted by atomic mass is 16.7. The molecule has 1 aliphatic carbocycles. The van der Waals surface area contributed by atoms with E-state index in [-0.39, 0.29) is 25.0 Å². The summed E-state index contributed by atoms with van der Waals surface area (Å²) in [7, 11) is -0.661. The largest absolute Gasteiger partial charge is 0.492 e. The Morgan fingerprint density at radius 2 is 1.63 bits per heavy atom. The molecule has 2 aliphatic rings. The second kappa shape index (κ2) is 9.89. The molecule has 9 heteroatoms. The van der Waals surface area contributed by atoms with Crippen molar-refractivity contribution < 1.29 is 18.8 Å². The molecule has 2 heterocycles. The van der Waals surface area contributed by atoms with Crippen LogP contribution in [0.5, 0.6) is 0 Å². The van der Waals surface area contributed by atoms with Gasteiger partial charge in [-0.05, 0) is 62.3 Å². The van der Waals surface area contributed by atoms with Crippen molar-refractivity contribution in [2.24, 2.45) is 0 Å². The molecule has 196 valence electrons. The number of hydrogen-bond donors (Lipinski definition) is 2. The van der Waals surface area contributed by atoms with Gasteiger partial charge in [-0.1, -0.05) is 54.6 Å². The van der Waals surface area contributed by atoms with E-state index in [1.165, 1.54) is 11.1 Å². The van der Waals surface area contributed by atoms with E-state index in [2.05, 4.69) is 39.6 Å².